The van der Waals surface area contributed by atoms with Crippen molar-refractivity contribution in [3.63, 3.8) is 0 Å². The van der Waals surface area contributed by atoms with Crippen LogP contribution in [-0.2, 0) is 6.54 Å². The van der Waals surface area contributed by atoms with Crippen molar-refractivity contribution in [3.8, 4) is 0 Å². The number of rotatable bonds is 4. The summed E-state index contributed by atoms with van der Waals surface area (Å²) in [5.74, 6) is -0.205. The van der Waals surface area contributed by atoms with Gasteiger partial charge in [0.1, 0.15) is 5.82 Å². The van der Waals surface area contributed by atoms with Gasteiger partial charge in [-0.3, -0.25) is 0 Å². The van der Waals surface area contributed by atoms with E-state index in [1.807, 2.05) is 0 Å². The number of halogens is 2. The molecule has 1 nitrogen and oxygen atoms in total. The third kappa shape index (κ3) is 5.46. The Labute approximate surface area is 138 Å². The molecular weight excluding hydrogens is 349 g/mol. The summed E-state index contributed by atoms with van der Waals surface area (Å²) in [6, 6.07) is 12.9. The lowest BCUT2D eigenvalue weighted by atomic mass is 10.1. The van der Waals surface area contributed by atoms with Crippen LogP contribution >= 0.6 is 27.7 Å². The highest BCUT2D eigenvalue weighted by molar-refractivity contribution is 9.10. The van der Waals surface area contributed by atoms with Crippen LogP contribution in [0, 0.1) is 5.82 Å². The predicted octanol–water partition coefficient (Wildman–Crippen LogP) is 5.63. The molecule has 0 bridgehead atoms. The Morgan fingerprint density at radius 2 is 1.67 bits per heavy atom. The lowest BCUT2D eigenvalue weighted by Crippen LogP contribution is -2.35. The van der Waals surface area contributed by atoms with Crippen LogP contribution < -0.4 is 5.32 Å². The molecule has 112 valence electrons. The zero-order chi connectivity index (χ0) is 15.5. The van der Waals surface area contributed by atoms with Gasteiger partial charge in [-0.05, 0) is 62.7 Å². The van der Waals surface area contributed by atoms with E-state index in [0.29, 0.717) is 0 Å². The average molecular weight is 368 g/mol. The smallest absolute Gasteiger partial charge is 0.123 e. The molecule has 0 spiro atoms. The van der Waals surface area contributed by atoms with Gasteiger partial charge in [0.2, 0.25) is 0 Å². The van der Waals surface area contributed by atoms with E-state index in [1.54, 1.807) is 23.9 Å². The van der Waals surface area contributed by atoms with E-state index in [1.165, 1.54) is 17.7 Å². The summed E-state index contributed by atoms with van der Waals surface area (Å²) in [7, 11) is 0. The Hall–Kier alpha value is -0.840. The van der Waals surface area contributed by atoms with Crippen LogP contribution in [0.4, 0.5) is 4.39 Å². The minimum atomic E-state index is -0.205. The maximum atomic E-state index is 12.9. The third-order valence-corrected chi connectivity index (χ3v) is 4.62. The van der Waals surface area contributed by atoms with E-state index < -0.39 is 0 Å². The monoisotopic (exact) mass is 367 g/mol. The van der Waals surface area contributed by atoms with E-state index >= 15 is 0 Å². The van der Waals surface area contributed by atoms with Crippen molar-refractivity contribution in [2.75, 3.05) is 0 Å². The van der Waals surface area contributed by atoms with Crippen molar-refractivity contribution in [2.24, 2.45) is 0 Å². The maximum absolute atomic E-state index is 12.9. The van der Waals surface area contributed by atoms with Crippen molar-refractivity contribution in [1.82, 2.24) is 5.32 Å². The van der Waals surface area contributed by atoms with Crippen LogP contribution in [0.25, 0.3) is 0 Å². The van der Waals surface area contributed by atoms with Gasteiger partial charge in [-0.1, -0.05) is 33.8 Å². The molecule has 0 radical (unpaired) electrons. The summed E-state index contributed by atoms with van der Waals surface area (Å²) in [5, 5.41) is 3.48. The van der Waals surface area contributed by atoms with Crippen LogP contribution in [0.5, 0.6) is 0 Å². The molecule has 1 N–H and O–H groups in total. The maximum Gasteiger partial charge on any atom is 0.123 e. The van der Waals surface area contributed by atoms with Crippen molar-refractivity contribution >= 4 is 27.7 Å². The third-order valence-electron chi connectivity index (χ3n) is 2.88. The van der Waals surface area contributed by atoms with Crippen LogP contribution in [0.15, 0.2) is 56.7 Å². The lowest BCUT2D eigenvalue weighted by Gasteiger charge is -2.21. The molecule has 2 rings (SSSR count). The Kier molecular flexibility index (Phi) is 5.47. The molecule has 0 aliphatic heterocycles. The largest absolute Gasteiger partial charge is 0.308 e. The summed E-state index contributed by atoms with van der Waals surface area (Å²) in [5.41, 5.74) is 1.33. The van der Waals surface area contributed by atoms with E-state index in [2.05, 4.69) is 60.2 Å². The summed E-state index contributed by atoms with van der Waals surface area (Å²) in [4.78, 5) is 2.16. The summed E-state index contributed by atoms with van der Waals surface area (Å²) >= 11 is 5.25. The van der Waals surface area contributed by atoms with E-state index in [0.717, 1.165) is 20.8 Å². The molecule has 0 fully saturated rings. The molecular formula is C17H19BrFNS. The highest BCUT2D eigenvalue weighted by Gasteiger charge is 2.10. The van der Waals surface area contributed by atoms with Crippen LogP contribution in [-0.4, -0.2) is 5.54 Å². The van der Waals surface area contributed by atoms with Crippen molar-refractivity contribution < 1.29 is 4.39 Å². The molecule has 0 saturated carbocycles. The van der Waals surface area contributed by atoms with Crippen LogP contribution in [0.1, 0.15) is 26.3 Å². The molecule has 0 saturated heterocycles. The molecule has 0 heterocycles. The second kappa shape index (κ2) is 6.95. The summed E-state index contributed by atoms with van der Waals surface area (Å²) < 4.78 is 14.0. The summed E-state index contributed by atoms with van der Waals surface area (Å²) in [6.45, 7) is 7.28. The minimum absolute atomic E-state index is 0.0982. The van der Waals surface area contributed by atoms with Crippen molar-refractivity contribution in [2.45, 2.75) is 42.6 Å². The molecule has 2 aromatic rings. The van der Waals surface area contributed by atoms with Gasteiger partial charge >= 0.3 is 0 Å². The molecule has 0 unspecified atom stereocenters. The molecule has 2 aromatic carbocycles. The molecule has 4 heteroatoms. The molecule has 21 heavy (non-hydrogen) atoms. The first-order valence-electron chi connectivity index (χ1n) is 6.80. The van der Waals surface area contributed by atoms with Gasteiger partial charge in [-0.2, -0.15) is 0 Å². The zero-order valence-corrected chi connectivity index (χ0v) is 14.8. The molecule has 0 aliphatic carbocycles. The van der Waals surface area contributed by atoms with Gasteiger partial charge in [0.05, 0.1) is 0 Å². The first-order valence-corrected chi connectivity index (χ1v) is 8.41. The molecule has 0 aromatic heterocycles. The quantitative estimate of drug-likeness (QED) is 0.751. The highest BCUT2D eigenvalue weighted by Crippen LogP contribution is 2.31. The Balaban J connectivity index is 2.06. The van der Waals surface area contributed by atoms with E-state index in [-0.39, 0.29) is 11.4 Å². The van der Waals surface area contributed by atoms with Gasteiger partial charge in [-0.25, -0.2) is 4.39 Å². The van der Waals surface area contributed by atoms with E-state index in [9.17, 15) is 4.39 Å². The fourth-order valence-electron chi connectivity index (χ4n) is 1.73. The topological polar surface area (TPSA) is 12.0 Å². The fraction of sp³-hybridized carbons (Fsp3) is 0.294. The molecule has 0 atom stereocenters. The van der Waals surface area contributed by atoms with E-state index in [4.69, 9.17) is 0 Å². The summed E-state index contributed by atoms with van der Waals surface area (Å²) in [6.07, 6.45) is 0. The Bertz CT molecular complexity index is 605. The first-order chi connectivity index (χ1) is 9.83. The van der Waals surface area contributed by atoms with Crippen LogP contribution in [0.3, 0.4) is 0 Å². The number of hydrogen-bond acceptors (Lipinski definition) is 2. The Morgan fingerprint density at radius 3 is 2.24 bits per heavy atom. The Morgan fingerprint density at radius 1 is 1.05 bits per heavy atom. The second-order valence-corrected chi connectivity index (χ2v) is 7.91. The fourth-order valence-corrected chi connectivity index (χ4v) is 3.26. The highest BCUT2D eigenvalue weighted by atomic mass is 79.9. The SMILES string of the molecule is CC(C)(C)NCc1ccc(Sc2ccc(F)cc2)cc1Br. The number of benzene rings is 2. The molecule has 0 amide bonds. The standard InChI is InChI=1S/C17H19BrFNS/c1-17(2,3)20-11-12-4-7-15(10-16(12)18)21-14-8-5-13(19)6-9-14/h4-10,20H,11H2,1-3H3. The second-order valence-electron chi connectivity index (χ2n) is 5.91. The normalized spacial score (nSPS) is 11.7. The first kappa shape index (κ1) is 16.5. The zero-order valence-electron chi connectivity index (χ0n) is 12.4. The van der Waals surface area contributed by atoms with Crippen molar-refractivity contribution in [3.05, 3.63) is 58.3 Å². The minimum Gasteiger partial charge on any atom is -0.308 e. The number of nitrogens with one attached hydrogen (secondary N) is 1. The number of hydrogen-bond donors (Lipinski definition) is 1. The van der Waals surface area contributed by atoms with Gasteiger partial charge in [-0.15, -0.1) is 0 Å². The van der Waals surface area contributed by atoms with Gasteiger partial charge < -0.3 is 5.32 Å². The predicted molar refractivity (Wildman–Crippen MR) is 91.3 cm³/mol. The van der Waals surface area contributed by atoms with Gasteiger partial charge in [0, 0.05) is 26.3 Å². The average Bonchev–Trinajstić information content (AvgIpc) is 2.39. The van der Waals surface area contributed by atoms with Crippen molar-refractivity contribution in [1.29, 1.82) is 0 Å². The van der Waals surface area contributed by atoms with Crippen LogP contribution in [0.2, 0.25) is 0 Å². The molecule has 0 aliphatic rings. The van der Waals surface area contributed by atoms with Gasteiger partial charge in [0.15, 0.2) is 0 Å². The lowest BCUT2D eigenvalue weighted by molar-refractivity contribution is 0.424. The van der Waals surface area contributed by atoms with Gasteiger partial charge in [0.25, 0.3) is 0 Å².